The summed E-state index contributed by atoms with van der Waals surface area (Å²) < 4.78 is 6.14. The zero-order valence-corrected chi connectivity index (χ0v) is 19.2. The van der Waals surface area contributed by atoms with E-state index in [9.17, 15) is 0 Å². The van der Waals surface area contributed by atoms with Crippen molar-refractivity contribution in [2.24, 2.45) is 0 Å². The molecule has 3 aromatic rings. The van der Waals surface area contributed by atoms with Gasteiger partial charge in [0.1, 0.15) is 23.6 Å². The van der Waals surface area contributed by atoms with Crippen LogP contribution in [0.3, 0.4) is 0 Å². The smallest absolute Gasteiger partial charge is 0.136 e. The molecule has 2 heterocycles. The molecule has 1 aliphatic heterocycles. The Balaban J connectivity index is 1.43. The second-order valence-electron chi connectivity index (χ2n) is 8.03. The molecule has 0 atom stereocenters. The molecule has 0 spiro atoms. The number of piperazine rings is 1. The highest BCUT2D eigenvalue weighted by molar-refractivity contribution is 5.69. The van der Waals surface area contributed by atoms with Crippen molar-refractivity contribution in [1.29, 1.82) is 0 Å². The minimum absolute atomic E-state index is 0.796. The first-order chi connectivity index (χ1) is 15.8. The molecule has 168 valence electrons. The van der Waals surface area contributed by atoms with E-state index in [4.69, 9.17) is 4.74 Å². The zero-order valence-electron chi connectivity index (χ0n) is 19.2. The lowest BCUT2D eigenvalue weighted by Gasteiger charge is -2.36. The van der Waals surface area contributed by atoms with Gasteiger partial charge in [0.2, 0.25) is 0 Å². The molecular formula is C26H33N5O. The SMILES string of the molecule is CCN(CC)CCN1CCN(c2cc(-c3ccccc3Oc3ccccc3)ncn2)CC1. The Morgan fingerprint density at radius 3 is 2.34 bits per heavy atom. The summed E-state index contributed by atoms with van der Waals surface area (Å²) in [7, 11) is 0. The van der Waals surface area contributed by atoms with Crippen LogP contribution in [0.4, 0.5) is 5.82 Å². The largest absolute Gasteiger partial charge is 0.457 e. The number of benzene rings is 2. The predicted octanol–water partition coefficient (Wildman–Crippen LogP) is 4.40. The highest BCUT2D eigenvalue weighted by atomic mass is 16.5. The first-order valence-corrected chi connectivity index (χ1v) is 11.6. The Hall–Kier alpha value is -2.96. The van der Waals surface area contributed by atoms with E-state index in [0.29, 0.717) is 0 Å². The van der Waals surface area contributed by atoms with E-state index in [1.54, 1.807) is 6.33 Å². The number of para-hydroxylation sites is 2. The topological polar surface area (TPSA) is 44.7 Å². The summed E-state index contributed by atoms with van der Waals surface area (Å²) >= 11 is 0. The Labute approximate surface area is 191 Å². The number of hydrogen-bond acceptors (Lipinski definition) is 6. The van der Waals surface area contributed by atoms with Crippen molar-refractivity contribution in [1.82, 2.24) is 19.8 Å². The number of rotatable bonds is 9. The van der Waals surface area contributed by atoms with Crippen LogP contribution in [-0.2, 0) is 0 Å². The molecule has 32 heavy (non-hydrogen) atoms. The van der Waals surface area contributed by atoms with Crippen LogP contribution in [-0.4, -0.2) is 72.1 Å². The molecule has 0 saturated carbocycles. The lowest BCUT2D eigenvalue weighted by Crippen LogP contribution is -2.48. The van der Waals surface area contributed by atoms with Crippen LogP contribution in [0.5, 0.6) is 11.5 Å². The van der Waals surface area contributed by atoms with Crippen LogP contribution < -0.4 is 9.64 Å². The van der Waals surface area contributed by atoms with E-state index in [0.717, 1.165) is 80.9 Å². The second-order valence-corrected chi connectivity index (χ2v) is 8.03. The molecule has 6 nitrogen and oxygen atoms in total. The van der Waals surface area contributed by atoms with Gasteiger partial charge in [0, 0.05) is 50.9 Å². The molecule has 6 heteroatoms. The summed E-state index contributed by atoms with van der Waals surface area (Å²) in [5, 5.41) is 0. The first-order valence-electron chi connectivity index (χ1n) is 11.6. The fourth-order valence-corrected chi connectivity index (χ4v) is 4.07. The second kappa shape index (κ2) is 11.1. The van der Waals surface area contributed by atoms with Gasteiger partial charge in [-0.2, -0.15) is 0 Å². The van der Waals surface area contributed by atoms with Crippen molar-refractivity contribution < 1.29 is 4.74 Å². The lowest BCUT2D eigenvalue weighted by molar-refractivity contribution is 0.205. The zero-order chi connectivity index (χ0) is 22.2. The predicted molar refractivity (Wildman–Crippen MR) is 130 cm³/mol. The Morgan fingerprint density at radius 1 is 0.875 bits per heavy atom. The molecule has 0 bridgehead atoms. The Morgan fingerprint density at radius 2 is 1.59 bits per heavy atom. The van der Waals surface area contributed by atoms with E-state index >= 15 is 0 Å². The molecule has 1 aliphatic rings. The van der Waals surface area contributed by atoms with Gasteiger partial charge in [-0.25, -0.2) is 9.97 Å². The quantitative estimate of drug-likeness (QED) is 0.500. The molecule has 0 amide bonds. The van der Waals surface area contributed by atoms with Crippen molar-refractivity contribution in [3.63, 3.8) is 0 Å². The standard InChI is InChI=1S/C26H33N5O/c1-3-29(4-2)14-15-30-16-18-31(19-17-30)26-20-24(27-21-28-26)23-12-8-9-13-25(23)32-22-10-6-5-7-11-22/h5-13,20-21H,3-4,14-19H2,1-2H3. The van der Waals surface area contributed by atoms with E-state index in [1.165, 1.54) is 0 Å². The molecule has 1 aromatic heterocycles. The third kappa shape index (κ3) is 5.64. The van der Waals surface area contributed by atoms with Gasteiger partial charge in [-0.15, -0.1) is 0 Å². The first kappa shape index (κ1) is 22.2. The highest BCUT2D eigenvalue weighted by Gasteiger charge is 2.19. The van der Waals surface area contributed by atoms with E-state index in [-0.39, 0.29) is 0 Å². The minimum Gasteiger partial charge on any atom is -0.457 e. The van der Waals surface area contributed by atoms with Crippen LogP contribution in [0.2, 0.25) is 0 Å². The van der Waals surface area contributed by atoms with Crippen LogP contribution >= 0.6 is 0 Å². The molecule has 0 radical (unpaired) electrons. The van der Waals surface area contributed by atoms with Gasteiger partial charge >= 0.3 is 0 Å². The molecule has 2 aromatic carbocycles. The van der Waals surface area contributed by atoms with Gasteiger partial charge in [0.15, 0.2) is 0 Å². The third-order valence-electron chi connectivity index (χ3n) is 6.11. The summed E-state index contributed by atoms with van der Waals surface area (Å²) in [6, 6.07) is 20.0. The van der Waals surface area contributed by atoms with Crippen molar-refractivity contribution in [3.05, 3.63) is 67.0 Å². The fourth-order valence-electron chi connectivity index (χ4n) is 4.07. The van der Waals surface area contributed by atoms with E-state index in [2.05, 4.69) is 50.6 Å². The van der Waals surface area contributed by atoms with Crippen LogP contribution in [0.25, 0.3) is 11.3 Å². The number of likely N-dealkylation sites (N-methyl/N-ethyl adjacent to an activating group) is 1. The van der Waals surface area contributed by atoms with E-state index in [1.807, 2.05) is 48.5 Å². The minimum atomic E-state index is 0.796. The van der Waals surface area contributed by atoms with E-state index < -0.39 is 0 Å². The number of hydrogen-bond donors (Lipinski definition) is 0. The van der Waals surface area contributed by atoms with Crippen molar-refractivity contribution >= 4 is 5.82 Å². The van der Waals surface area contributed by atoms with Crippen LogP contribution in [0.15, 0.2) is 67.0 Å². The maximum atomic E-state index is 6.14. The number of ether oxygens (including phenoxy) is 1. The molecule has 1 saturated heterocycles. The lowest BCUT2D eigenvalue weighted by atomic mass is 10.1. The van der Waals surface area contributed by atoms with Gasteiger partial charge in [0.05, 0.1) is 5.69 Å². The van der Waals surface area contributed by atoms with Gasteiger partial charge in [-0.3, -0.25) is 4.90 Å². The number of anilines is 1. The molecule has 4 rings (SSSR count). The molecular weight excluding hydrogens is 398 g/mol. The van der Waals surface area contributed by atoms with Gasteiger partial charge < -0.3 is 14.5 Å². The normalized spacial score (nSPS) is 14.7. The highest BCUT2D eigenvalue weighted by Crippen LogP contribution is 2.33. The van der Waals surface area contributed by atoms with Gasteiger partial charge in [-0.1, -0.05) is 44.2 Å². The van der Waals surface area contributed by atoms with Crippen molar-refractivity contribution in [2.45, 2.75) is 13.8 Å². The monoisotopic (exact) mass is 431 g/mol. The summed E-state index contributed by atoms with van der Waals surface area (Å²) in [5.41, 5.74) is 1.85. The fraction of sp³-hybridized carbons (Fsp3) is 0.385. The van der Waals surface area contributed by atoms with Gasteiger partial charge in [0.25, 0.3) is 0 Å². The summed E-state index contributed by atoms with van der Waals surface area (Å²) in [5.74, 6) is 2.59. The summed E-state index contributed by atoms with van der Waals surface area (Å²) in [4.78, 5) is 16.5. The van der Waals surface area contributed by atoms with Crippen LogP contribution in [0.1, 0.15) is 13.8 Å². The van der Waals surface area contributed by atoms with Crippen molar-refractivity contribution in [2.75, 3.05) is 57.3 Å². The molecule has 0 unspecified atom stereocenters. The molecule has 0 N–H and O–H groups in total. The average Bonchev–Trinajstić information content (AvgIpc) is 2.86. The maximum Gasteiger partial charge on any atom is 0.136 e. The average molecular weight is 432 g/mol. The summed E-state index contributed by atoms with van der Waals surface area (Å²) in [6.07, 6.45) is 1.66. The summed E-state index contributed by atoms with van der Waals surface area (Å²) in [6.45, 7) is 13.1. The number of nitrogens with zero attached hydrogens (tertiary/aromatic N) is 5. The molecule has 0 aliphatic carbocycles. The number of aromatic nitrogens is 2. The third-order valence-corrected chi connectivity index (χ3v) is 6.11. The maximum absolute atomic E-state index is 6.14. The van der Waals surface area contributed by atoms with Gasteiger partial charge in [-0.05, 0) is 37.4 Å². The van der Waals surface area contributed by atoms with Crippen LogP contribution in [0, 0.1) is 0 Å². The Kier molecular flexibility index (Phi) is 7.69. The molecule has 1 fully saturated rings. The van der Waals surface area contributed by atoms with Crippen molar-refractivity contribution in [3.8, 4) is 22.8 Å². The Bertz CT molecular complexity index is 969.